The number of nitrogens with one attached hydrogen (secondary N) is 1. The van der Waals surface area contributed by atoms with Gasteiger partial charge in [0.1, 0.15) is 23.0 Å². The smallest absolute Gasteiger partial charge is 0.321 e. The minimum atomic E-state index is -0.467. The normalized spacial score (nSPS) is 18.4. The number of aromatic nitrogens is 2. The number of hydrogen-bond acceptors (Lipinski definition) is 7. The summed E-state index contributed by atoms with van der Waals surface area (Å²) in [5.41, 5.74) is 2.02. The maximum atomic E-state index is 13.5. The number of likely N-dealkylation sites (N-methyl/N-ethyl adjacent to an activating group) is 1. The number of carbonyl (C=O) groups excluding carboxylic acids is 2. The number of aliphatic hydroxyl groups is 1. The summed E-state index contributed by atoms with van der Waals surface area (Å²) < 4.78 is 11.4. The van der Waals surface area contributed by atoms with Gasteiger partial charge in [0.2, 0.25) is 5.88 Å². The number of hydrogen-bond donors (Lipinski definition) is 2. The van der Waals surface area contributed by atoms with Crippen LogP contribution in [0, 0.1) is 37.5 Å². The van der Waals surface area contributed by atoms with Crippen LogP contribution in [0.5, 0.6) is 5.88 Å². The highest BCUT2D eigenvalue weighted by Gasteiger charge is 2.34. The third-order valence-corrected chi connectivity index (χ3v) is 6.09. The Hall–Kier alpha value is -3.58. The number of carbonyl (C=O) groups is 2. The van der Waals surface area contributed by atoms with E-state index in [1.807, 2.05) is 20.8 Å². The van der Waals surface area contributed by atoms with Crippen LogP contribution in [-0.4, -0.2) is 75.9 Å². The number of anilines is 1. The average molecular weight is 498 g/mol. The fraction of sp³-hybridized carbons (Fsp3) is 0.538. The van der Waals surface area contributed by atoms with E-state index in [0.717, 1.165) is 0 Å². The molecule has 3 heterocycles. The molecule has 1 aliphatic rings. The molecule has 0 spiro atoms. The second kappa shape index (κ2) is 11.4. The molecular formula is C26H35N5O5. The van der Waals surface area contributed by atoms with Crippen LogP contribution in [0.3, 0.4) is 0 Å². The van der Waals surface area contributed by atoms with Gasteiger partial charge in [0, 0.05) is 37.2 Å². The predicted molar refractivity (Wildman–Crippen MR) is 135 cm³/mol. The van der Waals surface area contributed by atoms with Crippen molar-refractivity contribution < 1.29 is 24.0 Å². The standard InChI is InChI=1S/C26H35N5O5/c1-15(2)8-9-20-10-21-24(27-11-20)35-22(16(3)12-31(25(21)33)17(4)14-32)13-30(7)26(34)28-23-18(5)29-36-19(23)6/h10-11,15-17,22,32H,12-14H2,1-7H3,(H,28,34)/t16-,17-,22-/m1/s1. The van der Waals surface area contributed by atoms with Gasteiger partial charge in [-0.2, -0.15) is 0 Å². The summed E-state index contributed by atoms with van der Waals surface area (Å²) >= 11 is 0. The fourth-order valence-corrected chi connectivity index (χ4v) is 3.83. The number of aliphatic hydroxyl groups excluding tert-OH is 1. The van der Waals surface area contributed by atoms with Crippen molar-refractivity contribution in [3.05, 3.63) is 34.8 Å². The van der Waals surface area contributed by atoms with Crippen LogP contribution in [0.4, 0.5) is 10.5 Å². The second-order valence-corrected chi connectivity index (χ2v) is 9.63. The van der Waals surface area contributed by atoms with E-state index in [-0.39, 0.29) is 48.4 Å². The number of amides is 3. The molecule has 3 amide bonds. The van der Waals surface area contributed by atoms with E-state index >= 15 is 0 Å². The van der Waals surface area contributed by atoms with Gasteiger partial charge >= 0.3 is 6.03 Å². The predicted octanol–water partition coefficient (Wildman–Crippen LogP) is 3.08. The largest absolute Gasteiger partial charge is 0.472 e. The molecule has 0 unspecified atom stereocenters. The Labute approximate surface area is 212 Å². The third-order valence-electron chi connectivity index (χ3n) is 6.09. The quantitative estimate of drug-likeness (QED) is 0.609. The van der Waals surface area contributed by atoms with Crippen molar-refractivity contribution in [2.45, 2.75) is 53.7 Å². The highest BCUT2D eigenvalue weighted by molar-refractivity contribution is 5.97. The van der Waals surface area contributed by atoms with Crippen LogP contribution >= 0.6 is 0 Å². The van der Waals surface area contributed by atoms with Gasteiger partial charge in [-0.3, -0.25) is 4.79 Å². The zero-order valence-electron chi connectivity index (χ0n) is 22.0. The van der Waals surface area contributed by atoms with E-state index in [1.54, 1.807) is 45.0 Å². The van der Waals surface area contributed by atoms with Crippen molar-refractivity contribution in [3.8, 4) is 17.7 Å². The van der Waals surface area contributed by atoms with Crippen LogP contribution in [0.25, 0.3) is 0 Å². The van der Waals surface area contributed by atoms with Gasteiger partial charge in [0.25, 0.3) is 5.91 Å². The first-order valence-corrected chi connectivity index (χ1v) is 12.1. The van der Waals surface area contributed by atoms with Crippen molar-refractivity contribution in [2.24, 2.45) is 11.8 Å². The lowest BCUT2D eigenvalue weighted by molar-refractivity contribution is 0.0356. The molecule has 0 radical (unpaired) electrons. The number of fused-ring (bicyclic) bond motifs is 1. The number of pyridine rings is 1. The Balaban J connectivity index is 1.90. The van der Waals surface area contributed by atoms with E-state index in [4.69, 9.17) is 9.26 Å². The summed E-state index contributed by atoms with van der Waals surface area (Å²) in [4.78, 5) is 33.9. The molecule has 2 aromatic heterocycles. The van der Waals surface area contributed by atoms with Crippen LogP contribution in [0.1, 0.15) is 55.1 Å². The van der Waals surface area contributed by atoms with Crippen molar-refractivity contribution in [3.63, 3.8) is 0 Å². The molecule has 0 saturated carbocycles. The Morgan fingerprint density at radius 1 is 1.36 bits per heavy atom. The minimum Gasteiger partial charge on any atom is -0.472 e. The highest BCUT2D eigenvalue weighted by atomic mass is 16.5. The minimum absolute atomic E-state index is 0.160. The van der Waals surface area contributed by atoms with Crippen LogP contribution in [0.2, 0.25) is 0 Å². The Morgan fingerprint density at radius 2 is 2.08 bits per heavy atom. The van der Waals surface area contributed by atoms with E-state index in [1.165, 1.54) is 4.90 Å². The van der Waals surface area contributed by atoms with E-state index in [2.05, 4.69) is 27.3 Å². The molecule has 0 aliphatic carbocycles. The highest BCUT2D eigenvalue weighted by Crippen LogP contribution is 2.27. The first kappa shape index (κ1) is 27.0. The van der Waals surface area contributed by atoms with Gasteiger partial charge in [0.15, 0.2) is 5.76 Å². The van der Waals surface area contributed by atoms with Gasteiger partial charge in [0.05, 0.1) is 19.2 Å². The summed E-state index contributed by atoms with van der Waals surface area (Å²) in [7, 11) is 1.67. The Kier molecular flexibility index (Phi) is 8.58. The summed E-state index contributed by atoms with van der Waals surface area (Å²) in [6.07, 6.45) is 1.11. The molecule has 3 atom stereocenters. The number of urea groups is 1. The number of rotatable bonds is 5. The lowest BCUT2D eigenvalue weighted by atomic mass is 10.00. The Bertz CT molecular complexity index is 1150. The molecule has 0 fully saturated rings. The monoisotopic (exact) mass is 497 g/mol. The first-order valence-electron chi connectivity index (χ1n) is 12.1. The molecule has 10 heteroatoms. The number of nitrogens with zero attached hydrogens (tertiary/aromatic N) is 4. The molecule has 0 bridgehead atoms. The van der Waals surface area contributed by atoms with Crippen LogP contribution in [0.15, 0.2) is 16.8 Å². The lowest BCUT2D eigenvalue weighted by Gasteiger charge is -2.37. The van der Waals surface area contributed by atoms with Crippen molar-refractivity contribution in [1.29, 1.82) is 0 Å². The topological polar surface area (TPSA) is 121 Å². The average Bonchev–Trinajstić information content (AvgIpc) is 3.16. The van der Waals surface area contributed by atoms with Gasteiger partial charge in [-0.05, 0) is 26.8 Å². The van der Waals surface area contributed by atoms with E-state index < -0.39 is 12.1 Å². The molecule has 0 saturated heterocycles. The van der Waals surface area contributed by atoms with Crippen molar-refractivity contribution in [2.75, 3.05) is 32.1 Å². The second-order valence-electron chi connectivity index (χ2n) is 9.63. The zero-order valence-corrected chi connectivity index (χ0v) is 22.0. The van der Waals surface area contributed by atoms with E-state index in [0.29, 0.717) is 29.2 Å². The lowest BCUT2D eigenvalue weighted by Crippen LogP contribution is -2.50. The van der Waals surface area contributed by atoms with Crippen LogP contribution < -0.4 is 10.1 Å². The molecule has 194 valence electrons. The van der Waals surface area contributed by atoms with Gasteiger partial charge in [-0.1, -0.05) is 37.8 Å². The molecule has 2 N–H and O–H groups in total. The van der Waals surface area contributed by atoms with Crippen molar-refractivity contribution in [1.82, 2.24) is 19.9 Å². The molecule has 3 rings (SSSR count). The van der Waals surface area contributed by atoms with Crippen LogP contribution in [-0.2, 0) is 0 Å². The molecular weight excluding hydrogens is 462 g/mol. The number of ether oxygens (including phenoxy) is 1. The molecule has 36 heavy (non-hydrogen) atoms. The van der Waals surface area contributed by atoms with Crippen molar-refractivity contribution >= 4 is 17.6 Å². The molecule has 1 aliphatic heterocycles. The van der Waals surface area contributed by atoms with E-state index in [9.17, 15) is 14.7 Å². The zero-order chi connectivity index (χ0) is 26.6. The summed E-state index contributed by atoms with van der Waals surface area (Å²) in [6, 6.07) is 0.932. The maximum Gasteiger partial charge on any atom is 0.321 e. The molecule has 2 aromatic rings. The number of aryl methyl sites for hydroxylation is 2. The first-order chi connectivity index (χ1) is 17.0. The summed E-state index contributed by atoms with van der Waals surface area (Å²) in [6.45, 7) is 11.6. The van der Waals surface area contributed by atoms with Gasteiger partial charge in [-0.15, -0.1) is 0 Å². The molecule has 0 aromatic carbocycles. The van der Waals surface area contributed by atoms with Gasteiger partial charge in [-0.25, -0.2) is 9.78 Å². The third kappa shape index (κ3) is 6.15. The molecule has 10 nitrogen and oxygen atoms in total. The summed E-state index contributed by atoms with van der Waals surface area (Å²) in [5, 5.41) is 16.5. The fourth-order valence-electron chi connectivity index (χ4n) is 3.83. The summed E-state index contributed by atoms with van der Waals surface area (Å²) in [5.74, 6) is 6.56. The SMILES string of the molecule is Cc1noc(C)c1NC(=O)N(C)C[C@H]1Oc2ncc(C#CC(C)C)cc2C(=O)N([C@H](C)CO)C[C@H]1C. The Morgan fingerprint density at radius 3 is 2.69 bits per heavy atom. The van der Waals surface area contributed by atoms with Gasteiger partial charge < -0.3 is 29.5 Å². The maximum absolute atomic E-state index is 13.5.